The van der Waals surface area contributed by atoms with E-state index < -0.39 is 5.41 Å². The maximum Gasteiger partial charge on any atom is 0.178 e. The van der Waals surface area contributed by atoms with Crippen LogP contribution in [0.25, 0.3) is 0 Å². The number of carbonyl (C=O) groups excluding carboxylic acids is 2. The third kappa shape index (κ3) is 1.59. The standard InChI is InChI=1S/C21H18O2/c22-19-17-8-4-2-6-14(17)11-21(19)12-15-10-9-13-5-1-3-7-16(13)18(15)20(21)23/h2,4,6,8-10H,1,3,5,7,11-12H2/t21-/m0/s1. The zero-order valence-corrected chi connectivity index (χ0v) is 13.0. The van der Waals surface area contributed by atoms with E-state index in [1.165, 1.54) is 17.5 Å². The highest BCUT2D eigenvalue weighted by Crippen LogP contribution is 2.48. The van der Waals surface area contributed by atoms with Crippen molar-refractivity contribution in [2.75, 3.05) is 0 Å². The molecule has 3 aliphatic carbocycles. The number of Topliss-reactive ketones (excluding diaryl/α,β-unsaturated/α-hetero) is 2. The number of hydrogen-bond donors (Lipinski definition) is 0. The van der Waals surface area contributed by atoms with Crippen LogP contribution in [0.4, 0.5) is 0 Å². The molecule has 5 rings (SSSR count). The molecule has 0 radical (unpaired) electrons. The minimum absolute atomic E-state index is 0.0406. The Morgan fingerprint density at radius 1 is 0.739 bits per heavy atom. The van der Waals surface area contributed by atoms with Gasteiger partial charge in [-0.3, -0.25) is 9.59 Å². The van der Waals surface area contributed by atoms with E-state index in [0.29, 0.717) is 12.8 Å². The lowest BCUT2D eigenvalue weighted by atomic mass is 9.79. The first kappa shape index (κ1) is 13.2. The first-order valence-corrected chi connectivity index (χ1v) is 8.52. The summed E-state index contributed by atoms with van der Waals surface area (Å²) in [5.41, 5.74) is 5.48. The number of aryl methyl sites for hydroxylation is 1. The van der Waals surface area contributed by atoms with Crippen LogP contribution in [0.15, 0.2) is 36.4 Å². The summed E-state index contributed by atoms with van der Waals surface area (Å²) in [7, 11) is 0. The summed E-state index contributed by atoms with van der Waals surface area (Å²) < 4.78 is 0. The maximum absolute atomic E-state index is 13.4. The van der Waals surface area contributed by atoms with E-state index in [1.54, 1.807) is 0 Å². The SMILES string of the molecule is O=C1c2ccccc2C[C@]12Cc1ccc3c(c1C2=O)CCCC3. The third-order valence-electron chi connectivity index (χ3n) is 5.96. The minimum atomic E-state index is -0.849. The van der Waals surface area contributed by atoms with Gasteiger partial charge in [-0.2, -0.15) is 0 Å². The molecule has 0 amide bonds. The van der Waals surface area contributed by atoms with Gasteiger partial charge < -0.3 is 0 Å². The molecule has 0 heterocycles. The maximum atomic E-state index is 13.4. The van der Waals surface area contributed by atoms with Gasteiger partial charge >= 0.3 is 0 Å². The Bertz CT molecular complexity index is 877. The highest BCUT2D eigenvalue weighted by atomic mass is 16.2. The van der Waals surface area contributed by atoms with E-state index in [1.807, 2.05) is 24.3 Å². The Balaban J connectivity index is 1.67. The largest absolute Gasteiger partial charge is 0.293 e. The highest BCUT2D eigenvalue weighted by molar-refractivity contribution is 6.25. The van der Waals surface area contributed by atoms with Gasteiger partial charge in [-0.1, -0.05) is 36.4 Å². The van der Waals surface area contributed by atoms with Crippen molar-refractivity contribution in [2.45, 2.75) is 38.5 Å². The molecule has 1 spiro atoms. The molecule has 0 saturated carbocycles. The van der Waals surface area contributed by atoms with Crippen LogP contribution in [0.5, 0.6) is 0 Å². The fraction of sp³-hybridized carbons (Fsp3) is 0.333. The summed E-state index contributed by atoms with van der Waals surface area (Å²) in [6.07, 6.45) is 5.57. The first-order chi connectivity index (χ1) is 11.2. The van der Waals surface area contributed by atoms with Gasteiger partial charge in [-0.25, -0.2) is 0 Å². The summed E-state index contributed by atoms with van der Waals surface area (Å²) in [5.74, 6) is 0.131. The van der Waals surface area contributed by atoms with E-state index in [0.717, 1.165) is 41.5 Å². The number of ketones is 2. The minimum Gasteiger partial charge on any atom is -0.293 e. The Labute approximate surface area is 135 Å². The Morgan fingerprint density at radius 2 is 1.48 bits per heavy atom. The molecular weight excluding hydrogens is 284 g/mol. The van der Waals surface area contributed by atoms with Crippen LogP contribution in [0.1, 0.15) is 55.8 Å². The van der Waals surface area contributed by atoms with Gasteiger partial charge in [0, 0.05) is 11.1 Å². The molecule has 3 aliphatic rings. The summed E-state index contributed by atoms with van der Waals surface area (Å²) in [4.78, 5) is 26.4. The summed E-state index contributed by atoms with van der Waals surface area (Å²) in [5, 5.41) is 0. The smallest absolute Gasteiger partial charge is 0.178 e. The fourth-order valence-electron chi connectivity index (χ4n) is 4.84. The van der Waals surface area contributed by atoms with Crippen molar-refractivity contribution < 1.29 is 9.59 Å². The average molecular weight is 302 g/mol. The summed E-state index contributed by atoms with van der Waals surface area (Å²) in [6, 6.07) is 12.0. The van der Waals surface area contributed by atoms with Crippen molar-refractivity contribution in [3.05, 3.63) is 69.8 Å². The van der Waals surface area contributed by atoms with Gasteiger partial charge in [0.1, 0.15) is 5.41 Å². The van der Waals surface area contributed by atoms with E-state index >= 15 is 0 Å². The molecule has 2 nitrogen and oxygen atoms in total. The van der Waals surface area contributed by atoms with Crippen LogP contribution in [-0.2, 0) is 25.7 Å². The van der Waals surface area contributed by atoms with Crippen LogP contribution in [0.3, 0.4) is 0 Å². The van der Waals surface area contributed by atoms with E-state index in [9.17, 15) is 9.59 Å². The lowest BCUT2D eigenvalue weighted by Crippen LogP contribution is -2.35. The molecule has 2 aromatic rings. The molecule has 0 N–H and O–H groups in total. The Morgan fingerprint density at radius 3 is 2.35 bits per heavy atom. The lowest BCUT2D eigenvalue weighted by molar-refractivity contribution is 0.0705. The quantitative estimate of drug-likeness (QED) is 0.695. The molecule has 114 valence electrons. The highest BCUT2D eigenvalue weighted by Gasteiger charge is 2.55. The van der Waals surface area contributed by atoms with Crippen molar-refractivity contribution in [1.82, 2.24) is 0 Å². The fourth-order valence-corrected chi connectivity index (χ4v) is 4.84. The number of benzene rings is 2. The molecule has 0 bridgehead atoms. The second-order valence-corrected chi connectivity index (χ2v) is 7.20. The molecule has 0 fully saturated rings. The monoisotopic (exact) mass is 302 g/mol. The van der Waals surface area contributed by atoms with Crippen molar-refractivity contribution in [3.63, 3.8) is 0 Å². The molecule has 0 unspecified atom stereocenters. The van der Waals surface area contributed by atoms with Crippen LogP contribution in [0.2, 0.25) is 0 Å². The number of hydrogen-bond acceptors (Lipinski definition) is 2. The van der Waals surface area contributed by atoms with Crippen LogP contribution in [0, 0.1) is 5.41 Å². The van der Waals surface area contributed by atoms with E-state index in [-0.39, 0.29) is 11.6 Å². The molecule has 2 heteroatoms. The third-order valence-corrected chi connectivity index (χ3v) is 5.96. The summed E-state index contributed by atoms with van der Waals surface area (Å²) in [6.45, 7) is 0. The summed E-state index contributed by atoms with van der Waals surface area (Å²) >= 11 is 0. The molecule has 0 saturated heterocycles. The van der Waals surface area contributed by atoms with Gasteiger partial charge in [0.2, 0.25) is 0 Å². The normalized spacial score (nSPS) is 24.7. The molecule has 0 aliphatic heterocycles. The zero-order valence-electron chi connectivity index (χ0n) is 13.0. The van der Waals surface area contributed by atoms with E-state index in [2.05, 4.69) is 12.1 Å². The van der Waals surface area contributed by atoms with Crippen LogP contribution < -0.4 is 0 Å². The average Bonchev–Trinajstić information content (AvgIpc) is 3.04. The van der Waals surface area contributed by atoms with Crippen molar-refractivity contribution >= 4 is 11.6 Å². The molecule has 1 atom stereocenters. The predicted molar refractivity (Wildman–Crippen MR) is 88.0 cm³/mol. The topological polar surface area (TPSA) is 34.1 Å². The van der Waals surface area contributed by atoms with Gasteiger partial charge in [0.15, 0.2) is 11.6 Å². The zero-order chi connectivity index (χ0) is 15.6. The Hall–Kier alpha value is -2.22. The van der Waals surface area contributed by atoms with Gasteiger partial charge in [-0.05, 0) is 60.8 Å². The van der Waals surface area contributed by atoms with Crippen LogP contribution in [-0.4, -0.2) is 11.6 Å². The van der Waals surface area contributed by atoms with Gasteiger partial charge in [0.05, 0.1) is 0 Å². The molecule has 23 heavy (non-hydrogen) atoms. The van der Waals surface area contributed by atoms with Crippen molar-refractivity contribution in [1.29, 1.82) is 0 Å². The Kier molecular flexibility index (Phi) is 2.54. The second kappa shape index (κ2) is 4.41. The van der Waals surface area contributed by atoms with Crippen molar-refractivity contribution in [2.24, 2.45) is 5.41 Å². The molecular formula is C21H18O2. The lowest BCUT2D eigenvalue weighted by Gasteiger charge is -2.20. The first-order valence-electron chi connectivity index (χ1n) is 8.52. The predicted octanol–water partition coefficient (Wildman–Crippen LogP) is 3.73. The molecule has 2 aromatic carbocycles. The second-order valence-electron chi connectivity index (χ2n) is 7.20. The van der Waals surface area contributed by atoms with Gasteiger partial charge in [0.25, 0.3) is 0 Å². The van der Waals surface area contributed by atoms with Crippen molar-refractivity contribution in [3.8, 4) is 0 Å². The number of fused-ring (bicyclic) bond motifs is 4. The number of rotatable bonds is 0. The van der Waals surface area contributed by atoms with E-state index in [4.69, 9.17) is 0 Å². The van der Waals surface area contributed by atoms with Crippen LogP contribution >= 0.6 is 0 Å². The number of carbonyl (C=O) groups is 2. The molecule has 0 aromatic heterocycles. The van der Waals surface area contributed by atoms with Gasteiger partial charge in [-0.15, -0.1) is 0 Å².